The van der Waals surface area contributed by atoms with Crippen LogP contribution >= 0.6 is 23.2 Å². The smallest absolute Gasteiger partial charge is 0.263 e. The van der Waals surface area contributed by atoms with Crippen molar-refractivity contribution in [3.05, 3.63) is 81.8 Å². The Morgan fingerprint density at radius 1 is 0.889 bits per heavy atom. The van der Waals surface area contributed by atoms with Crippen molar-refractivity contribution in [3.8, 4) is 11.5 Å². The molecular formula is C20H17Cl2NO3S. The molecule has 0 aromatic heterocycles. The number of hydrogen-bond acceptors (Lipinski definition) is 3. The van der Waals surface area contributed by atoms with Crippen LogP contribution in [-0.4, -0.2) is 8.42 Å². The Morgan fingerprint density at radius 2 is 1.59 bits per heavy atom. The average molecular weight is 422 g/mol. The molecule has 27 heavy (non-hydrogen) atoms. The zero-order chi connectivity index (χ0) is 19.6. The molecule has 0 fully saturated rings. The number of sulfonamides is 1. The first kappa shape index (κ1) is 19.5. The van der Waals surface area contributed by atoms with Gasteiger partial charge < -0.3 is 4.74 Å². The summed E-state index contributed by atoms with van der Waals surface area (Å²) < 4.78 is 33.5. The van der Waals surface area contributed by atoms with Gasteiger partial charge in [0.25, 0.3) is 10.0 Å². The van der Waals surface area contributed by atoms with E-state index in [9.17, 15) is 8.42 Å². The Labute approximate surface area is 168 Å². The largest absolute Gasteiger partial charge is 0.457 e. The lowest BCUT2D eigenvalue weighted by atomic mass is 10.1. The van der Waals surface area contributed by atoms with Crippen LogP contribution in [0.5, 0.6) is 11.5 Å². The number of anilines is 1. The van der Waals surface area contributed by atoms with Crippen LogP contribution in [0.1, 0.15) is 11.1 Å². The van der Waals surface area contributed by atoms with Crippen LogP contribution in [0.25, 0.3) is 0 Å². The molecule has 0 aliphatic rings. The van der Waals surface area contributed by atoms with Crippen molar-refractivity contribution >= 4 is 38.9 Å². The zero-order valence-electron chi connectivity index (χ0n) is 14.7. The Morgan fingerprint density at radius 3 is 2.30 bits per heavy atom. The van der Waals surface area contributed by atoms with E-state index in [1.807, 2.05) is 32.0 Å². The predicted molar refractivity (Wildman–Crippen MR) is 110 cm³/mol. The summed E-state index contributed by atoms with van der Waals surface area (Å²) in [6, 6.07) is 16.9. The Bertz CT molecular complexity index is 1080. The number of ether oxygens (including phenoxy) is 1. The van der Waals surface area contributed by atoms with Crippen molar-refractivity contribution in [1.82, 2.24) is 0 Å². The normalized spacial score (nSPS) is 11.3. The highest BCUT2D eigenvalue weighted by Gasteiger charge is 2.18. The number of benzene rings is 3. The third-order valence-corrected chi connectivity index (χ3v) is 5.96. The van der Waals surface area contributed by atoms with Crippen molar-refractivity contribution in [1.29, 1.82) is 0 Å². The van der Waals surface area contributed by atoms with Gasteiger partial charge in [-0.3, -0.25) is 4.72 Å². The fourth-order valence-electron chi connectivity index (χ4n) is 2.43. The van der Waals surface area contributed by atoms with Gasteiger partial charge >= 0.3 is 0 Å². The van der Waals surface area contributed by atoms with Crippen molar-refractivity contribution in [2.75, 3.05) is 4.72 Å². The molecule has 0 atom stereocenters. The van der Waals surface area contributed by atoms with E-state index in [1.165, 1.54) is 18.2 Å². The molecular weight excluding hydrogens is 405 g/mol. The fourth-order valence-corrected chi connectivity index (χ4v) is 4.25. The maximum Gasteiger partial charge on any atom is 0.263 e. The van der Waals surface area contributed by atoms with Crippen LogP contribution in [0.3, 0.4) is 0 Å². The molecule has 7 heteroatoms. The molecule has 3 aromatic carbocycles. The van der Waals surface area contributed by atoms with Crippen LogP contribution in [0, 0.1) is 13.8 Å². The van der Waals surface area contributed by atoms with E-state index >= 15 is 0 Å². The maximum absolute atomic E-state index is 12.5. The lowest BCUT2D eigenvalue weighted by Crippen LogP contribution is -2.13. The molecule has 0 aliphatic heterocycles. The quantitative estimate of drug-likeness (QED) is 0.532. The summed E-state index contributed by atoms with van der Waals surface area (Å²) >= 11 is 11.9. The molecule has 1 N–H and O–H groups in total. The third kappa shape index (κ3) is 4.75. The van der Waals surface area contributed by atoms with Gasteiger partial charge in [-0.2, -0.15) is 0 Å². The van der Waals surface area contributed by atoms with Gasteiger partial charge in [-0.05, 0) is 73.5 Å². The third-order valence-electron chi connectivity index (χ3n) is 3.86. The second-order valence-corrected chi connectivity index (χ2v) is 8.57. The van der Waals surface area contributed by atoms with E-state index in [0.717, 1.165) is 16.9 Å². The van der Waals surface area contributed by atoms with Crippen LogP contribution in [0.15, 0.2) is 65.6 Å². The van der Waals surface area contributed by atoms with Gasteiger partial charge in [0.05, 0.1) is 5.02 Å². The van der Waals surface area contributed by atoms with E-state index in [-0.39, 0.29) is 14.9 Å². The van der Waals surface area contributed by atoms with Gasteiger partial charge in [0.1, 0.15) is 16.4 Å². The number of rotatable bonds is 5. The van der Waals surface area contributed by atoms with Crippen molar-refractivity contribution in [3.63, 3.8) is 0 Å². The minimum Gasteiger partial charge on any atom is -0.457 e. The summed E-state index contributed by atoms with van der Waals surface area (Å²) in [6.45, 7) is 3.96. The van der Waals surface area contributed by atoms with Crippen LogP contribution < -0.4 is 9.46 Å². The summed E-state index contributed by atoms with van der Waals surface area (Å²) in [5.74, 6) is 1.36. The molecule has 0 saturated heterocycles. The second kappa shape index (κ2) is 7.80. The van der Waals surface area contributed by atoms with Gasteiger partial charge in [0.2, 0.25) is 0 Å². The number of halogens is 2. The lowest BCUT2D eigenvalue weighted by molar-refractivity contribution is 0.478. The van der Waals surface area contributed by atoms with Crippen molar-refractivity contribution in [2.45, 2.75) is 18.7 Å². The highest BCUT2D eigenvalue weighted by Crippen LogP contribution is 2.29. The van der Waals surface area contributed by atoms with Gasteiger partial charge in [-0.25, -0.2) is 8.42 Å². The highest BCUT2D eigenvalue weighted by atomic mass is 35.5. The summed E-state index contributed by atoms with van der Waals surface area (Å²) in [7, 11) is -3.86. The summed E-state index contributed by atoms with van der Waals surface area (Å²) in [5.41, 5.74) is 2.50. The van der Waals surface area contributed by atoms with E-state index in [4.69, 9.17) is 27.9 Å². The molecule has 4 nitrogen and oxygen atoms in total. The minimum absolute atomic E-state index is 0.0765. The predicted octanol–water partition coefficient (Wildman–Crippen LogP) is 6.20. The number of nitrogens with one attached hydrogen (secondary N) is 1. The summed E-state index contributed by atoms with van der Waals surface area (Å²) in [6.07, 6.45) is 0. The zero-order valence-corrected chi connectivity index (χ0v) is 17.0. The first-order valence-electron chi connectivity index (χ1n) is 8.08. The molecule has 3 rings (SSSR count). The molecule has 140 valence electrons. The first-order chi connectivity index (χ1) is 12.7. The topological polar surface area (TPSA) is 55.4 Å². The van der Waals surface area contributed by atoms with Crippen molar-refractivity contribution in [2.24, 2.45) is 0 Å². The molecule has 3 aromatic rings. The first-order valence-corrected chi connectivity index (χ1v) is 10.3. The van der Waals surface area contributed by atoms with Crippen molar-refractivity contribution < 1.29 is 13.2 Å². The molecule has 0 saturated carbocycles. The number of hydrogen-bond donors (Lipinski definition) is 1. The molecule has 0 radical (unpaired) electrons. The lowest BCUT2D eigenvalue weighted by Gasteiger charge is -2.12. The van der Waals surface area contributed by atoms with Gasteiger partial charge in [0, 0.05) is 10.7 Å². The van der Waals surface area contributed by atoms with Gasteiger partial charge in [-0.1, -0.05) is 35.3 Å². The molecule has 0 spiro atoms. The molecule has 0 unspecified atom stereocenters. The van der Waals surface area contributed by atoms with Gasteiger partial charge in [0.15, 0.2) is 0 Å². The van der Waals surface area contributed by atoms with E-state index < -0.39 is 10.0 Å². The molecule has 0 heterocycles. The summed E-state index contributed by atoms with van der Waals surface area (Å²) in [5, 5.41) is 0.388. The molecule has 0 aliphatic carbocycles. The average Bonchev–Trinajstić information content (AvgIpc) is 2.61. The second-order valence-electron chi connectivity index (χ2n) is 6.08. The van der Waals surface area contributed by atoms with Crippen LogP contribution in [0.4, 0.5) is 5.69 Å². The monoisotopic (exact) mass is 421 g/mol. The summed E-state index contributed by atoms with van der Waals surface area (Å²) in [4.78, 5) is -0.0765. The van der Waals surface area contributed by atoms with E-state index in [2.05, 4.69) is 4.72 Å². The molecule has 0 amide bonds. The Hall–Kier alpha value is -2.21. The number of aryl methyl sites for hydroxylation is 2. The standard InChI is InChI=1S/C20H17Cl2NO3S/c1-13-3-4-14(2)19(11-13)26-17-8-6-16(7-9-17)23-27(24,25)20-12-15(21)5-10-18(20)22/h3-12,23H,1-2H3. The minimum atomic E-state index is -3.86. The Kier molecular flexibility index (Phi) is 5.65. The maximum atomic E-state index is 12.5. The molecule has 0 bridgehead atoms. The van der Waals surface area contributed by atoms with E-state index in [1.54, 1.807) is 24.3 Å². The van der Waals surface area contributed by atoms with Gasteiger partial charge in [-0.15, -0.1) is 0 Å². The SMILES string of the molecule is Cc1ccc(C)c(Oc2ccc(NS(=O)(=O)c3cc(Cl)ccc3Cl)cc2)c1. The highest BCUT2D eigenvalue weighted by molar-refractivity contribution is 7.92. The van der Waals surface area contributed by atoms with Crippen LogP contribution in [0.2, 0.25) is 10.0 Å². The Balaban J connectivity index is 1.79. The van der Waals surface area contributed by atoms with Crippen LogP contribution in [-0.2, 0) is 10.0 Å². The fraction of sp³-hybridized carbons (Fsp3) is 0.100. The van der Waals surface area contributed by atoms with E-state index in [0.29, 0.717) is 11.4 Å².